The second-order valence-electron chi connectivity index (χ2n) is 3.46. The van der Waals surface area contributed by atoms with E-state index in [-0.39, 0.29) is 32.3 Å². The number of aryl methyl sites for hydroxylation is 2. The van der Waals surface area contributed by atoms with E-state index in [0.29, 0.717) is 6.42 Å². The van der Waals surface area contributed by atoms with Crippen LogP contribution in [0.1, 0.15) is 33.7 Å². The van der Waals surface area contributed by atoms with Crippen LogP contribution in [0, 0.1) is 0 Å². The first-order valence-electron chi connectivity index (χ1n) is 5.02. The van der Waals surface area contributed by atoms with Crippen LogP contribution in [0.3, 0.4) is 0 Å². The van der Waals surface area contributed by atoms with Crippen molar-refractivity contribution in [3.63, 3.8) is 0 Å². The first-order valence-corrected chi connectivity index (χ1v) is 5.02. The number of carbonyl (C=O) groups is 1. The summed E-state index contributed by atoms with van der Waals surface area (Å²) in [7, 11) is 0. The van der Waals surface area contributed by atoms with Gasteiger partial charge in [0.2, 0.25) is 0 Å². The van der Waals surface area contributed by atoms with Crippen molar-refractivity contribution in [1.29, 1.82) is 0 Å². The molecule has 1 aromatic carbocycles. The molecule has 1 N–H and O–H groups in total. The second-order valence-corrected chi connectivity index (χ2v) is 3.46. The number of carboxylic acid groups (broad SMARTS) is 1. The van der Waals surface area contributed by atoms with Gasteiger partial charge in [0.05, 0.1) is 0 Å². The van der Waals surface area contributed by atoms with Gasteiger partial charge in [0.15, 0.2) is 0 Å². The fraction of sp³-hybridized carbons (Fsp3) is 0.417. The SMILES string of the molecule is CCCc1ccc(CCC(=O)O)cc1.[H-].[H-].[Mg+2]. The van der Waals surface area contributed by atoms with Crippen LogP contribution in [-0.4, -0.2) is 34.1 Å². The summed E-state index contributed by atoms with van der Waals surface area (Å²) in [5.74, 6) is -0.734. The van der Waals surface area contributed by atoms with Crippen LogP contribution < -0.4 is 0 Å². The van der Waals surface area contributed by atoms with Crippen LogP contribution in [-0.2, 0) is 17.6 Å². The molecule has 3 heteroatoms. The summed E-state index contributed by atoms with van der Waals surface area (Å²) >= 11 is 0. The van der Waals surface area contributed by atoms with Gasteiger partial charge in [-0.1, -0.05) is 37.6 Å². The molecule has 0 aliphatic heterocycles. The van der Waals surface area contributed by atoms with Gasteiger partial charge >= 0.3 is 29.0 Å². The molecule has 0 saturated heterocycles. The first kappa shape index (κ1) is 14.5. The van der Waals surface area contributed by atoms with E-state index in [1.165, 1.54) is 5.56 Å². The van der Waals surface area contributed by atoms with Gasteiger partial charge in [0.25, 0.3) is 0 Å². The van der Waals surface area contributed by atoms with Crippen molar-refractivity contribution < 1.29 is 12.8 Å². The van der Waals surface area contributed by atoms with E-state index >= 15 is 0 Å². The van der Waals surface area contributed by atoms with Gasteiger partial charge in [-0.3, -0.25) is 4.79 Å². The Bertz CT molecular complexity index is 302. The average Bonchev–Trinajstić information content (AvgIpc) is 2.17. The van der Waals surface area contributed by atoms with Gasteiger partial charge in [-0.2, -0.15) is 0 Å². The van der Waals surface area contributed by atoms with E-state index in [2.05, 4.69) is 19.1 Å². The number of rotatable bonds is 5. The summed E-state index contributed by atoms with van der Waals surface area (Å²) in [4.78, 5) is 10.3. The van der Waals surface area contributed by atoms with Crippen LogP contribution in [0.25, 0.3) is 0 Å². The summed E-state index contributed by atoms with van der Waals surface area (Å²) in [5.41, 5.74) is 2.43. The molecule has 1 aromatic rings. The predicted molar refractivity (Wildman–Crippen MR) is 64.4 cm³/mol. The maximum atomic E-state index is 10.3. The molecular formula is C12H18MgO2. The molecular weight excluding hydrogens is 200 g/mol. The third-order valence-corrected chi connectivity index (χ3v) is 2.19. The Morgan fingerprint density at radius 1 is 1.20 bits per heavy atom. The van der Waals surface area contributed by atoms with Crippen molar-refractivity contribution in [2.24, 2.45) is 0 Å². The smallest absolute Gasteiger partial charge is 1.00 e. The van der Waals surface area contributed by atoms with Crippen LogP contribution >= 0.6 is 0 Å². The zero-order chi connectivity index (χ0) is 10.4. The molecule has 0 atom stereocenters. The standard InChI is InChI=1S/C12H16O2.Mg.2H/c1-2-3-10-4-6-11(7-5-10)8-9-12(13)14;;;/h4-7H,2-3,8-9H2,1H3,(H,13,14);;;/q;+2;2*-1. The fourth-order valence-corrected chi connectivity index (χ4v) is 1.41. The van der Waals surface area contributed by atoms with Gasteiger partial charge < -0.3 is 7.96 Å². The average molecular weight is 219 g/mol. The van der Waals surface area contributed by atoms with Crippen molar-refractivity contribution in [1.82, 2.24) is 0 Å². The van der Waals surface area contributed by atoms with Crippen LogP contribution in [0.5, 0.6) is 0 Å². The zero-order valence-corrected chi connectivity index (χ0v) is 10.6. The molecule has 0 aliphatic carbocycles. The van der Waals surface area contributed by atoms with E-state index in [1.54, 1.807) is 0 Å². The Morgan fingerprint density at radius 2 is 1.67 bits per heavy atom. The molecule has 2 nitrogen and oxygen atoms in total. The van der Waals surface area contributed by atoms with E-state index in [1.807, 2.05) is 12.1 Å². The number of hydrogen-bond donors (Lipinski definition) is 1. The molecule has 0 radical (unpaired) electrons. The maximum absolute atomic E-state index is 10.3. The molecule has 1 rings (SSSR count). The van der Waals surface area contributed by atoms with Crippen molar-refractivity contribution in [3.05, 3.63) is 35.4 Å². The molecule has 0 aliphatic rings. The quantitative estimate of drug-likeness (QED) is 0.771. The summed E-state index contributed by atoms with van der Waals surface area (Å²) < 4.78 is 0. The van der Waals surface area contributed by atoms with Crippen LogP contribution in [0.4, 0.5) is 0 Å². The molecule has 0 unspecified atom stereocenters. The molecule has 0 amide bonds. The summed E-state index contributed by atoms with van der Waals surface area (Å²) in [6.45, 7) is 2.15. The fourth-order valence-electron chi connectivity index (χ4n) is 1.41. The van der Waals surface area contributed by atoms with E-state index in [4.69, 9.17) is 5.11 Å². The van der Waals surface area contributed by atoms with Crippen molar-refractivity contribution in [2.75, 3.05) is 0 Å². The van der Waals surface area contributed by atoms with Gasteiger partial charge in [0, 0.05) is 6.42 Å². The third kappa shape index (κ3) is 5.80. The molecule has 80 valence electrons. The van der Waals surface area contributed by atoms with Crippen LogP contribution in [0.2, 0.25) is 0 Å². The Labute approximate surface area is 110 Å². The zero-order valence-electron chi connectivity index (χ0n) is 11.2. The maximum Gasteiger partial charge on any atom is 2.00 e. The van der Waals surface area contributed by atoms with E-state index < -0.39 is 5.97 Å². The normalized spacial score (nSPS) is 9.40. The summed E-state index contributed by atoms with van der Waals surface area (Å²) in [6, 6.07) is 8.21. The Hall–Kier alpha value is -0.544. The Balaban J connectivity index is -0.000000653. The van der Waals surface area contributed by atoms with E-state index in [0.717, 1.165) is 18.4 Å². The second kappa shape index (κ2) is 7.71. The van der Waals surface area contributed by atoms with Gasteiger partial charge in [0.1, 0.15) is 0 Å². The van der Waals surface area contributed by atoms with Gasteiger partial charge in [-0.05, 0) is 24.0 Å². The summed E-state index contributed by atoms with van der Waals surface area (Å²) in [6.07, 6.45) is 3.09. The minimum atomic E-state index is -0.734. The number of aliphatic carboxylic acids is 1. The molecule has 0 saturated carbocycles. The number of benzene rings is 1. The molecule has 15 heavy (non-hydrogen) atoms. The van der Waals surface area contributed by atoms with Crippen LogP contribution in [0.15, 0.2) is 24.3 Å². The number of carboxylic acids is 1. The minimum Gasteiger partial charge on any atom is -1.00 e. The number of hydrogen-bond acceptors (Lipinski definition) is 1. The van der Waals surface area contributed by atoms with Gasteiger partial charge in [-0.25, -0.2) is 0 Å². The Morgan fingerprint density at radius 3 is 2.07 bits per heavy atom. The minimum absolute atomic E-state index is 0. The predicted octanol–water partition coefficient (Wildman–Crippen LogP) is 2.50. The monoisotopic (exact) mass is 218 g/mol. The molecule has 0 spiro atoms. The third-order valence-electron chi connectivity index (χ3n) is 2.19. The van der Waals surface area contributed by atoms with Crippen molar-refractivity contribution in [2.45, 2.75) is 32.6 Å². The van der Waals surface area contributed by atoms with E-state index in [9.17, 15) is 4.79 Å². The first-order chi connectivity index (χ1) is 6.72. The van der Waals surface area contributed by atoms with Crippen molar-refractivity contribution >= 4 is 29.0 Å². The molecule has 0 bridgehead atoms. The topological polar surface area (TPSA) is 37.3 Å². The Kier molecular flexibility index (Phi) is 7.43. The van der Waals surface area contributed by atoms with Crippen molar-refractivity contribution in [3.8, 4) is 0 Å². The molecule has 0 aromatic heterocycles. The largest absolute Gasteiger partial charge is 2.00 e. The molecule has 0 fully saturated rings. The molecule has 0 heterocycles. The van der Waals surface area contributed by atoms with Gasteiger partial charge in [-0.15, -0.1) is 0 Å². The summed E-state index contributed by atoms with van der Waals surface area (Å²) in [5, 5.41) is 8.51.